The summed E-state index contributed by atoms with van der Waals surface area (Å²) in [4.78, 5) is 68.6. The summed E-state index contributed by atoms with van der Waals surface area (Å²) in [5.74, 6) is 1.17. The third kappa shape index (κ3) is 8.45. The highest BCUT2D eigenvalue weighted by atomic mass is 16.5. The molecule has 4 aromatic rings. The Bertz CT molecular complexity index is 2090. The molecule has 4 atom stereocenters. The monoisotopic (exact) mass is 794 g/mol. The number of benzene rings is 2. The van der Waals surface area contributed by atoms with Crippen molar-refractivity contribution in [2.75, 3.05) is 33.9 Å². The second kappa shape index (κ2) is 17.8. The fourth-order valence-electron chi connectivity index (χ4n) is 8.43. The van der Waals surface area contributed by atoms with Gasteiger partial charge in [0.2, 0.25) is 11.8 Å². The zero-order chi connectivity index (χ0) is 40.9. The van der Waals surface area contributed by atoms with Crippen LogP contribution >= 0.6 is 0 Å². The van der Waals surface area contributed by atoms with Gasteiger partial charge in [-0.25, -0.2) is 19.6 Å². The van der Waals surface area contributed by atoms with Crippen LogP contribution in [0, 0.1) is 5.92 Å². The summed E-state index contributed by atoms with van der Waals surface area (Å²) in [7, 11) is 4.59. The molecule has 2 saturated heterocycles. The summed E-state index contributed by atoms with van der Waals surface area (Å²) in [5.41, 5.74) is 6.67. The van der Waals surface area contributed by atoms with Gasteiger partial charge in [-0.15, -0.1) is 0 Å². The van der Waals surface area contributed by atoms with Gasteiger partial charge in [-0.1, -0.05) is 62.4 Å². The van der Waals surface area contributed by atoms with Crippen molar-refractivity contribution in [2.24, 2.45) is 13.0 Å². The maximum atomic E-state index is 13.9. The average molecular weight is 795 g/mol. The number of carbonyl (C=O) groups excluding carboxylic acids is 4. The lowest BCUT2D eigenvalue weighted by Crippen LogP contribution is -2.51. The average Bonchev–Trinajstić information content (AvgIpc) is 4.07. The van der Waals surface area contributed by atoms with Gasteiger partial charge in [0.05, 0.1) is 56.2 Å². The van der Waals surface area contributed by atoms with E-state index in [2.05, 4.69) is 68.7 Å². The molecule has 58 heavy (non-hydrogen) atoms. The highest BCUT2D eigenvalue weighted by Crippen LogP contribution is 2.37. The molecular weight excluding hydrogens is 741 g/mol. The minimum Gasteiger partial charge on any atom is -0.453 e. The van der Waals surface area contributed by atoms with Gasteiger partial charge in [0.25, 0.3) is 0 Å². The van der Waals surface area contributed by atoms with E-state index >= 15 is 0 Å². The zero-order valence-electron chi connectivity index (χ0n) is 34.0. The number of methoxy groups -OCH3 is 2. The third-order valence-electron chi connectivity index (χ3n) is 11.7. The third-order valence-corrected chi connectivity index (χ3v) is 11.7. The number of aromatic amines is 1. The molecule has 2 fully saturated rings. The standard InChI is InChI=1S/C43H54N8O7/c1-26(2)36(48-43(55)57-5)41(53)50-21-8-11-33(50)38-44-24-32(45-38)29-17-13-27(14-18-29)28-15-19-30(20-16-28)37-35-25-58-23-7-6-10-31(46-42(54)56-4)40(52)51-22-9-12-34(51)39(47-37)49(35)3/h13-20,24,26,31,33-34,36H,6-12,21-23,25H2,1-5H3,(H,44,45)(H,46,54)(H,48,55)/t31-,33-,34-,36-/m0/s1. The Morgan fingerprint density at radius 1 is 0.845 bits per heavy atom. The van der Waals surface area contributed by atoms with Crippen LogP contribution in [-0.4, -0.2) is 99.3 Å². The summed E-state index contributed by atoms with van der Waals surface area (Å²) >= 11 is 0. The second-order valence-corrected chi connectivity index (χ2v) is 15.6. The van der Waals surface area contributed by atoms with E-state index in [0.717, 1.165) is 89.5 Å². The van der Waals surface area contributed by atoms with Crippen molar-refractivity contribution in [3.63, 3.8) is 0 Å². The van der Waals surface area contributed by atoms with E-state index in [4.69, 9.17) is 24.2 Å². The Balaban J connectivity index is 1.07. The van der Waals surface area contributed by atoms with Crippen LogP contribution in [-0.2, 0) is 37.5 Å². The molecule has 0 saturated carbocycles. The quantitative estimate of drug-likeness (QED) is 0.186. The molecule has 3 N–H and O–H groups in total. The number of imidazole rings is 2. The maximum Gasteiger partial charge on any atom is 0.407 e. The van der Waals surface area contributed by atoms with Crippen molar-refractivity contribution in [1.82, 2.24) is 40.0 Å². The fourth-order valence-corrected chi connectivity index (χ4v) is 8.43. The van der Waals surface area contributed by atoms with Crippen molar-refractivity contribution in [1.29, 1.82) is 0 Å². The van der Waals surface area contributed by atoms with E-state index in [-0.39, 0.29) is 29.8 Å². The molecule has 5 heterocycles. The number of likely N-dealkylation sites (tertiary alicyclic amines) is 1. The number of hydrogen-bond acceptors (Lipinski definition) is 9. The predicted octanol–water partition coefficient (Wildman–Crippen LogP) is 6.28. The summed E-state index contributed by atoms with van der Waals surface area (Å²) in [5, 5.41) is 5.46. The van der Waals surface area contributed by atoms with Crippen LogP contribution < -0.4 is 10.6 Å². The minimum absolute atomic E-state index is 0.109. The zero-order valence-corrected chi connectivity index (χ0v) is 34.0. The van der Waals surface area contributed by atoms with Crippen LogP contribution in [0.1, 0.15) is 88.2 Å². The van der Waals surface area contributed by atoms with Gasteiger partial charge in [0.15, 0.2) is 0 Å². The lowest BCUT2D eigenvalue weighted by molar-refractivity contribution is -0.136. The van der Waals surface area contributed by atoms with E-state index in [1.54, 1.807) is 6.20 Å². The number of rotatable bonds is 8. The van der Waals surface area contributed by atoms with Crippen molar-refractivity contribution >= 4 is 24.0 Å². The lowest BCUT2D eigenvalue weighted by atomic mass is 10.0. The van der Waals surface area contributed by atoms with Gasteiger partial charge in [-0.2, -0.15) is 0 Å². The second-order valence-electron chi connectivity index (χ2n) is 15.6. The SMILES string of the molecule is COC(=O)N[C@H]1CCCCOCc2c(-c3ccc(-c4ccc(-c5cnc([C@@H]6CCCN6C(=O)[C@@H](NC(=O)OC)C(C)C)[nH]5)cc4)cc3)nc(n2C)[C@@H]2CCCN2C1=O. The van der Waals surface area contributed by atoms with E-state index < -0.39 is 24.3 Å². The first-order valence-electron chi connectivity index (χ1n) is 20.3. The summed E-state index contributed by atoms with van der Waals surface area (Å²) < 4.78 is 17.8. The molecule has 3 aliphatic rings. The molecular formula is C43H54N8O7. The van der Waals surface area contributed by atoms with Gasteiger partial charge in [-0.3, -0.25) is 9.59 Å². The predicted molar refractivity (Wildman–Crippen MR) is 216 cm³/mol. The van der Waals surface area contributed by atoms with Crippen LogP contribution in [0.25, 0.3) is 33.6 Å². The number of amides is 4. The highest BCUT2D eigenvalue weighted by molar-refractivity contribution is 5.87. The molecule has 0 aliphatic carbocycles. The van der Waals surface area contributed by atoms with Gasteiger partial charge in [0, 0.05) is 32.3 Å². The summed E-state index contributed by atoms with van der Waals surface area (Å²) in [6.07, 6.45) is 5.81. The van der Waals surface area contributed by atoms with Crippen molar-refractivity contribution in [3.8, 4) is 33.6 Å². The number of nitrogens with zero attached hydrogens (tertiary/aromatic N) is 5. The minimum atomic E-state index is -0.692. The number of alkyl carbamates (subject to hydrolysis) is 2. The van der Waals surface area contributed by atoms with Crippen LogP contribution in [0.15, 0.2) is 54.7 Å². The Morgan fingerprint density at radius 2 is 1.50 bits per heavy atom. The van der Waals surface area contributed by atoms with E-state index in [1.165, 1.54) is 14.2 Å². The normalized spacial score (nSPS) is 20.4. The number of ether oxygens (including phenoxy) is 3. The molecule has 0 unspecified atom stereocenters. The van der Waals surface area contributed by atoms with Crippen molar-refractivity contribution in [2.45, 2.75) is 89.6 Å². The van der Waals surface area contributed by atoms with E-state index in [1.807, 2.05) is 30.7 Å². The molecule has 308 valence electrons. The number of aromatic nitrogens is 4. The lowest BCUT2D eigenvalue weighted by Gasteiger charge is -2.30. The number of hydrogen-bond donors (Lipinski definition) is 3. The van der Waals surface area contributed by atoms with Gasteiger partial charge < -0.3 is 44.2 Å². The van der Waals surface area contributed by atoms with Gasteiger partial charge >= 0.3 is 12.2 Å². The largest absolute Gasteiger partial charge is 0.453 e. The van der Waals surface area contributed by atoms with Gasteiger partial charge in [-0.05, 0) is 67.6 Å². The number of carbonyl (C=O) groups is 4. The first kappa shape index (κ1) is 40.5. The van der Waals surface area contributed by atoms with Crippen LogP contribution in [0.2, 0.25) is 0 Å². The van der Waals surface area contributed by atoms with Gasteiger partial charge in [0.1, 0.15) is 23.7 Å². The first-order valence-corrected chi connectivity index (χ1v) is 20.3. The van der Waals surface area contributed by atoms with E-state index in [9.17, 15) is 19.2 Å². The molecule has 15 nitrogen and oxygen atoms in total. The Labute approximate surface area is 338 Å². The molecule has 2 bridgehead atoms. The van der Waals surface area contributed by atoms with E-state index in [0.29, 0.717) is 32.7 Å². The smallest absolute Gasteiger partial charge is 0.407 e. The molecule has 4 amide bonds. The Morgan fingerprint density at radius 3 is 2.19 bits per heavy atom. The topological polar surface area (TPSA) is 173 Å². The molecule has 2 aromatic heterocycles. The molecule has 0 radical (unpaired) electrons. The molecule has 2 aromatic carbocycles. The maximum absolute atomic E-state index is 13.9. The Hall–Kier alpha value is -5.70. The molecule has 0 spiro atoms. The number of nitrogens with one attached hydrogen (secondary N) is 3. The van der Waals surface area contributed by atoms with Crippen LogP contribution in [0.3, 0.4) is 0 Å². The Kier molecular flexibility index (Phi) is 12.5. The molecule has 15 heteroatoms. The summed E-state index contributed by atoms with van der Waals surface area (Å²) in [6, 6.07) is 14.8. The molecule has 7 rings (SSSR count). The molecule has 3 aliphatic heterocycles. The summed E-state index contributed by atoms with van der Waals surface area (Å²) in [6.45, 7) is 5.91. The number of H-pyrrole nitrogens is 1. The highest BCUT2D eigenvalue weighted by Gasteiger charge is 2.39. The van der Waals surface area contributed by atoms with Crippen molar-refractivity contribution in [3.05, 3.63) is 72.1 Å². The first-order chi connectivity index (χ1) is 28.1. The van der Waals surface area contributed by atoms with Crippen LogP contribution in [0.5, 0.6) is 0 Å². The number of fused-ring (bicyclic) bond motifs is 4. The van der Waals surface area contributed by atoms with Crippen molar-refractivity contribution < 1.29 is 33.4 Å². The fraction of sp³-hybridized carbons (Fsp3) is 0.488. The van der Waals surface area contributed by atoms with Crippen LogP contribution in [0.4, 0.5) is 9.59 Å².